The molecule has 0 radical (unpaired) electrons. The minimum absolute atomic E-state index is 0.0769. The first-order valence-corrected chi connectivity index (χ1v) is 33.9. The van der Waals surface area contributed by atoms with Gasteiger partial charge in [-0.15, -0.1) is 0 Å². The number of carbonyl (C=O) groups is 3. The molecule has 0 amide bonds. The van der Waals surface area contributed by atoms with Crippen LogP contribution < -0.4 is 0 Å². The first-order chi connectivity index (χ1) is 38.5. The van der Waals surface area contributed by atoms with Crippen molar-refractivity contribution in [1.82, 2.24) is 0 Å². The van der Waals surface area contributed by atoms with E-state index in [1.165, 1.54) is 212 Å². The smallest absolute Gasteiger partial charge is 0.306 e. The predicted molar refractivity (Wildman–Crippen MR) is 339 cm³/mol. The van der Waals surface area contributed by atoms with Crippen molar-refractivity contribution in [3.63, 3.8) is 0 Å². The molecular weight excluding hydrogens is 961 g/mol. The molecular formula is C72H128O6. The zero-order valence-electron chi connectivity index (χ0n) is 51.9. The molecule has 1 unspecified atom stereocenters. The Balaban J connectivity index is 4.06. The number of allylic oxidation sites excluding steroid dienone is 12. The van der Waals surface area contributed by atoms with Crippen LogP contribution in [0.2, 0.25) is 0 Å². The molecule has 0 N–H and O–H groups in total. The van der Waals surface area contributed by atoms with Gasteiger partial charge in [0.25, 0.3) is 0 Å². The molecule has 0 aromatic carbocycles. The summed E-state index contributed by atoms with van der Waals surface area (Å²) in [6.07, 6.45) is 86.6. The highest BCUT2D eigenvalue weighted by molar-refractivity contribution is 5.71. The summed E-state index contributed by atoms with van der Waals surface area (Å²) in [6, 6.07) is 0. The number of unbranched alkanes of at least 4 members (excludes halogenated alkanes) is 39. The molecule has 0 spiro atoms. The Morgan fingerprint density at radius 3 is 0.744 bits per heavy atom. The molecule has 0 aliphatic heterocycles. The van der Waals surface area contributed by atoms with Crippen LogP contribution in [-0.2, 0) is 28.6 Å². The second kappa shape index (κ2) is 66.4. The van der Waals surface area contributed by atoms with E-state index in [1.807, 2.05) is 0 Å². The molecule has 0 fully saturated rings. The molecule has 0 bridgehead atoms. The molecule has 78 heavy (non-hydrogen) atoms. The van der Waals surface area contributed by atoms with Crippen LogP contribution in [0.5, 0.6) is 0 Å². The molecule has 0 aliphatic carbocycles. The van der Waals surface area contributed by atoms with Crippen LogP contribution in [0.4, 0.5) is 0 Å². The summed E-state index contributed by atoms with van der Waals surface area (Å²) in [5.41, 5.74) is 0. The SMILES string of the molecule is CCCCC/C=C\C/C=C\C/C=C\CCCCCCCCC(=O)OC(COC(=O)CCCCCCCCCC)COC(=O)CCCCCCCCCCCCCCCCCCCC/C=C\C/C=C\C/C=C\CCCCCCC. The van der Waals surface area contributed by atoms with Crippen LogP contribution in [0.15, 0.2) is 72.9 Å². The van der Waals surface area contributed by atoms with Crippen LogP contribution in [0, 0.1) is 0 Å². The van der Waals surface area contributed by atoms with Crippen LogP contribution in [0.3, 0.4) is 0 Å². The maximum absolute atomic E-state index is 12.9. The van der Waals surface area contributed by atoms with Crippen molar-refractivity contribution in [2.75, 3.05) is 13.2 Å². The Bertz CT molecular complexity index is 1440. The van der Waals surface area contributed by atoms with Gasteiger partial charge in [0.2, 0.25) is 0 Å². The van der Waals surface area contributed by atoms with Gasteiger partial charge in [0.05, 0.1) is 0 Å². The van der Waals surface area contributed by atoms with E-state index in [0.717, 1.165) is 96.3 Å². The van der Waals surface area contributed by atoms with Gasteiger partial charge >= 0.3 is 17.9 Å². The summed E-state index contributed by atoms with van der Waals surface area (Å²) in [6.45, 7) is 6.60. The fourth-order valence-corrected chi connectivity index (χ4v) is 9.81. The molecule has 6 heteroatoms. The lowest BCUT2D eigenvalue weighted by molar-refractivity contribution is -0.167. The summed E-state index contributed by atoms with van der Waals surface area (Å²) in [4.78, 5) is 38.2. The van der Waals surface area contributed by atoms with Gasteiger partial charge in [0, 0.05) is 19.3 Å². The summed E-state index contributed by atoms with van der Waals surface area (Å²) in [5.74, 6) is -0.878. The van der Waals surface area contributed by atoms with E-state index in [4.69, 9.17) is 14.2 Å². The number of hydrogen-bond donors (Lipinski definition) is 0. The molecule has 0 aromatic heterocycles. The van der Waals surface area contributed by atoms with Gasteiger partial charge in [0.15, 0.2) is 6.10 Å². The van der Waals surface area contributed by atoms with Crippen molar-refractivity contribution in [2.45, 2.75) is 354 Å². The second-order valence-electron chi connectivity index (χ2n) is 22.7. The van der Waals surface area contributed by atoms with Crippen molar-refractivity contribution in [3.05, 3.63) is 72.9 Å². The van der Waals surface area contributed by atoms with E-state index in [9.17, 15) is 14.4 Å². The van der Waals surface area contributed by atoms with E-state index in [2.05, 4.69) is 93.7 Å². The van der Waals surface area contributed by atoms with E-state index in [1.54, 1.807) is 0 Å². The number of esters is 3. The monoisotopic (exact) mass is 1090 g/mol. The van der Waals surface area contributed by atoms with Crippen molar-refractivity contribution >= 4 is 17.9 Å². The maximum Gasteiger partial charge on any atom is 0.306 e. The summed E-state index contributed by atoms with van der Waals surface area (Å²) in [5, 5.41) is 0. The second-order valence-corrected chi connectivity index (χ2v) is 22.7. The highest BCUT2D eigenvalue weighted by Gasteiger charge is 2.19. The molecule has 0 saturated carbocycles. The normalized spacial score (nSPS) is 12.5. The van der Waals surface area contributed by atoms with Gasteiger partial charge in [-0.25, -0.2) is 0 Å². The number of ether oxygens (including phenoxy) is 3. The van der Waals surface area contributed by atoms with Crippen molar-refractivity contribution < 1.29 is 28.6 Å². The van der Waals surface area contributed by atoms with Gasteiger partial charge < -0.3 is 14.2 Å². The van der Waals surface area contributed by atoms with E-state index in [0.29, 0.717) is 19.3 Å². The van der Waals surface area contributed by atoms with Gasteiger partial charge in [-0.1, -0.05) is 306 Å². The third-order valence-corrected chi connectivity index (χ3v) is 14.9. The first kappa shape index (κ1) is 74.8. The summed E-state index contributed by atoms with van der Waals surface area (Å²) < 4.78 is 16.9. The molecule has 0 rings (SSSR count). The lowest BCUT2D eigenvalue weighted by Crippen LogP contribution is -2.30. The number of carbonyl (C=O) groups excluding carboxylic acids is 3. The summed E-state index contributed by atoms with van der Waals surface area (Å²) >= 11 is 0. The molecule has 452 valence electrons. The average Bonchev–Trinajstić information content (AvgIpc) is 3.44. The minimum atomic E-state index is -0.779. The Labute approximate surface area is 484 Å². The molecule has 6 nitrogen and oxygen atoms in total. The quantitative estimate of drug-likeness (QED) is 0.0261. The third-order valence-electron chi connectivity index (χ3n) is 14.9. The molecule has 0 saturated heterocycles. The zero-order chi connectivity index (χ0) is 56.4. The van der Waals surface area contributed by atoms with Crippen LogP contribution in [0.25, 0.3) is 0 Å². The minimum Gasteiger partial charge on any atom is -0.462 e. The number of hydrogen-bond acceptors (Lipinski definition) is 6. The van der Waals surface area contributed by atoms with Gasteiger partial charge in [-0.2, -0.15) is 0 Å². The Hall–Kier alpha value is -3.15. The van der Waals surface area contributed by atoms with Crippen molar-refractivity contribution in [2.24, 2.45) is 0 Å². The molecule has 1 atom stereocenters. The van der Waals surface area contributed by atoms with Crippen LogP contribution in [-0.4, -0.2) is 37.2 Å². The lowest BCUT2D eigenvalue weighted by atomic mass is 10.0. The highest BCUT2D eigenvalue weighted by Crippen LogP contribution is 2.17. The van der Waals surface area contributed by atoms with Crippen molar-refractivity contribution in [1.29, 1.82) is 0 Å². The standard InChI is InChI=1S/C72H128O6/c1-4-7-10-13-16-19-21-23-25-27-29-30-31-32-33-34-35-36-37-38-39-40-41-42-44-45-47-49-51-53-56-59-62-65-71(74)77-68-69(67-76-70(73)64-61-58-55-18-15-12-9-6-3)78-72(75)66-63-60-57-54-52-50-48-46-43-28-26-24-22-20-17-14-11-8-5-2/h17,20-21,23-24,26-27,29,31-32,43,46,69H,4-16,18-19,22,25,28,30,33-42,44-45,47-68H2,1-3H3/b20-17-,23-21-,26-24-,29-27-,32-31-,46-43-. The fourth-order valence-electron chi connectivity index (χ4n) is 9.81. The van der Waals surface area contributed by atoms with E-state index in [-0.39, 0.29) is 31.1 Å². The predicted octanol–water partition coefficient (Wildman–Crippen LogP) is 23.3. The van der Waals surface area contributed by atoms with Gasteiger partial charge in [-0.05, 0) is 96.3 Å². The third kappa shape index (κ3) is 63.7. The maximum atomic E-state index is 12.9. The Morgan fingerprint density at radius 2 is 0.462 bits per heavy atom. The van der Waals surface area contributed by atoms with Gasteiger partial charge in [0.1, 0.15) is 13.2 Å². The molecule has 0 heterocycles. The Kier molecular flexibility index (Phi) is 63.7. The van der Waals surface area contributed by atoms with Crippen LogP contribution in [0.1, 0.15) is 348 Å². The van der Waals surface area contributed by atoms with Crippen molar-refractivity contribution in [3.8, 4) is 0 Å². The average molecular weight is 1090 g/mol. The van der Waals surface area contributed by atoms with E-state index >= 15 is 0 Å². The fraction of sp³-hybridized carbons (Fsp3) is 0.792. The molecule has 0 aromatic rings. The lowest BCUT2D eigenvalue weighted by Gasteiger charge is -2.18. The van der Waals surface area contributed by atoms with Crippen LogP contribution >= 0.6 is 0 Å². The largest absolute Gasteiger partial charge is 0.462 e. The Morgan fingerprint density at radius 1 is 0.256 bits per heavy atom. The molecule has 0 aliphatic rings. The van der Waals surface area contributed by atoms with E-state index < -0.39 is 6.10 Å². The van der Waals surface area contributed by atoms with Gasteiger partial charge in [-0.3, -0.25) is 14.4 Å². The first-order valence-electron chi connectivity index (χ1n) is 33.9. The topological polar surface area (TPSA) is 78.9 Å². The number of rotatable bonds is 62. The summed E-state index contributed by atoms with van der Waals surface area (Å²) in [7, 11) is 0. The highest BCUT2D eigenvalue weighted by atomic mass is 16.6. The zero-order valence-corrected chi connectivity index (χ0v) is 51.9.